The number of hydrogen-bond acceptors (Lipinski definition) is 5. The Kier molecular flexibility index (Phi) is 4.29. The number of hydrogen-bond donors (Lipinski definition) is 1. The Labute approximate surface area is 99.1 Å². The highest BCUT2D eigenvalue weighted by molar-refractivity contribution is 5.80. The summed E-state index contributed by atoms with van der Waals surface area (Å²) in [6.45, 7) is 0. The Bertz CT molecular complexity index is 529. The Balaban J connectivity index is 2.91. The van der Waals surface area contributed by atoms with Gasteiger partial charge < -0.3 is 10.5 Å². The Morgan fingerprint density at radius 1 is 1.35 bits per heavy atom. The van der Waals surface area contributed by atoms with Gasteiger partial charge in [0.05, 0.1) is 18.7 Å². The van der Waals surface area contributed by atoms with Crippen LogP contribution in [0.3, 0.4) is 0 Å². The lowest BCUT2D eigenvalue weighted by atomic mass is 10.2. The smallest absolute Gasteiger partial charge is 0.221 e. The van der Waals surface area contributed by atoms with Crippen LogP contribution in [-0.2, 0) is 4.74 Å². The molecule has 5 heteroatoms. The third-order valence-corrected chi connectivity index (χ3v) is 1.94. The zero-order valence-electron chi connectivity index (χ0n) is 9.21. The van der Waals surface area contributed by atoms with Crippen LogP contribution in [0, 0.1) is 22.7 Å². The van der Waals surface area contributed by atoms with Crippen LogP contribution >= 0.6 is 0 Å². The average Bonchev–Trinajstić information content (AvgIpc) is 2.39. The van der Waals surface area contributed by atoms with E-state index in [1.54, 1.807) is 24.3 Å². The molecule has 0 aromatic heterocycles. The molecule has 0 saturated heterocycles. The summed E-state index contributed by atoms with van der Waals surface area (Å²) in [7, 11) is 1.36. The van der Waals surface area contributed by atoms with Crippen molar-refractivity contribution in [1.82, 2.24) is 0 Å². The highest BCUT2D eigenvalue weighted by atomic mass is 16.5. The van der Waals surface area contributed by atoms with Gasteiger partial charge in [0, 0.05) is 6.21 Å². The Morgan fingerprint density at radius 2 is 2.00 bits per heavy atom. The van der Waals surface area contributed by atoms with Gasteiger partial charge in [-0.15, -0.1) is 0 Å². The van der Waals surface area contributed by atoms with E-state index in [4.69, 9.17) is 21.0 Å². The van der Waals surface area contributed by atoms with E-state index in [2.05, 4.69) is 4.99 Å². The van der Waals surface area contributed by atoms with Crippen molar-refractivity contribution >= 4 is 6.21 Å². The van der Waals surface area contributed by atoms with Crippen LogP contribution in [0.4, 0.5) is 0 Å². The molecule has 0 aliphatic heterocycles. The molecule has 2 N–H and O–H groups in total. The van der Waals surface area contributed by atoms with E-state index in [1.165, 1.54) is 13.3 Å². The zero-order valence-corrected chi connectivity index (χ0v) is 9.21. The zero-order chi connectivity index (χ0) is 12.7. The molecule has 1 rings (SSSR count). The van der Waals surface area contributed by atoms with Crippen molar-refractivity contribution in [3.8, 4) is 12.1 Å². The fourth-order valence-electron chi connectivity index (χ4n) is 1.03. The molecule has 0 spiro atoms. The van der Waals surface area contributed by atoms with E-state index in [-0.39, 0.29) is 11.6 Å². The second-order valence-corrected chi connectivity index (χ2v) is 3.02. The number of benzene rings is 1. The van der Waals surface area contributed by atoms with Gasteiger partial charge in [0.25, 0.3) is 0 Å². The lowest BCUT2D eigenvalue weighted by Gasteiger charge is -1.98. The molecule has 0 saturated carbocycles. The first-order valence-corrected chi connectivity index (χ1v) is 4.69. The second kappa shape index (κ2) is 5.94. The summed E-state index contributed by atoms with van der Waals surface area (Å²) in [4.78, 5) is 3.90. The van der Waals surface area contributed by atoms with Crippen molar-refractivity contribution < 1.29 is 4.74 Å². The summed E-state index contributed by atoms with van der Waals surface area (Å²) in [5, 5.41) is 17.4. The number of rotatable bonds is 3. The molecular weight excluding hydrogens is 216 g/mol. The van der Waals surface area contributed by atoms with Gasteiger partial charge in [-0.2, -0.15) is 10.5 Å². The molecule has 1 aromatic rings. The van der Waals surface area contributed by atoms with E-state index in [1.807, 2.05) is 12.1 Å². The quantitative estimate of drug-likeness (QED) is 0.477. The third kappa shape index (κ3) is 3.37. The molecule has 1 aromatic carbocycles. The third-order valence-electron chi connectivity index (χ3n) is 1.94. The van der Waals surface area contributed by atoms with Gasteiger partial charge in [0.2, 0.25) is 5.88 Å². The lowest BCUT2D eigenvalue weighted by molar-refractivity contribution is 0.284. The van der Waals surface area contributed by atoms with E-state index >= 15 is 0 Å². The second-order valence-electron chi connectivity index (χ2n) is 3.02. The number of nitrogens with two attached hydrogens (primary N) is 1. The van der Waals surface area contributed by atoms with Crippen molar-refractivity contribution in [2.24, 2.45) is 10.7 Å². The highest BCUT2D eigenvalue weighted by Gasteiger charge is 1.99. The molecule has 0 bridgehead atoms. The average molecular weight is 226 g/mol. The number of methoxy groups -OCH3 is 1. The first-order chi connectivity index (χ1) is 8.21. The molecule has 0 unspecified atom stereocenters. The van der Waals surface area contributed by atoms with Gasteiger partial charge in [0.15, 0.2) is 5.70 Å². The maximum Gasteiger partial charge on any atom is 0.221 e. The Hall–Kier alpha value is -2.79. The van der Waals surface area contributed by atoms with Gasteiger partial charge in [-0.05, 0) is 17.7 Å². The summed E-state index contributed by atoms with van der Waals surface area (Å²) in [6, 6.07) is 10.6. The van der Waals surface area contributed by atoms with Crippen LogP contribution in [0.2, 0.25) is 0 Å². The van der Waals surface area contributed by atoms with Crippen molar-refractivity contribution in [3.63, 3.8) is 0 Å². The SMILES string of the molecule is CO/C(N)=C(/C#N)N=Cc1ccc(C#N)cc1. The van der Waals surface area contributed by atoms with Crippen molar-refractivity contribution in [2.45, 2.75) is 0 Å². The van der Waals surface area contributed by atoms with E-state index in [0.29, 0.717) is 5.56 Å². The van der Waals surface area contributed by atoms with E-state index in [0.717, 1.165) is 5.56 Å². The Morgan fingerprint density at radius 3 is 2.47 bits per heavy atom. The summed E-state index contributed by atoms with van der Waals surface area (Å²) in [6.07, 6.45) is 1.48. The molecule has 0 aliphatic rings. The summed E-state index contributed by atoms with van der Waals surface area (Å²) in [5.74, 6) is -0.0302. The molecule has 0 atom stereocenters. The van der Waals surface area contributed by atoms with E-state index < -0.39 is 0 Å². The predicted octanol–water partition coefficient (Wildman–Crippen LogP) is 1.27. The summed E-state index contributed by atoms with van der Waals surface area (Å²) >= 11 is 0. The minimum absolute atomic E-state index is 0.0110. The molecular formula is C12H10N4O. The molecule has 0 radical (unpaired) electrons. The number of aliphatic imine (C=N–C) groups is 1. The van der Waals surface area contributed by atoms with Crippen LogP contribution < -0.4 is 5.73 Å². The van der Waals surface area contributed by atoms with Crippen LogP contribution in [0.15, 0.2) is 40.8 Å². The van der Waals surface area contributed by atoms with E-state index in [9.17, 15) is 0 Å². The molecule has 17 heavy (non-hydrogen) atoms. The van der Waals surface area contributed by atoms with Crippen LogP contribution in [-0.4, -0.2) is 13.3 Å². The number of nitrogens with zero attached hydrogens (tertiary/aromatic N) is 3. The number of nitriles is 2. The van der Waals surface area contributed by atoms with Crippen LogP contribution in [0.1, 0.15) is 11.1 Å². The maximum absolute atomic E-state index is 8.76. The van der Waals surface area contributed by atoms with Crippen LogP contribution in [0.5, 0.6) is 0 Å². The first-order valence-electron chi connectivity index (χ1n) is 4.69. The topological polar surface area (TPSA) is 95.2 Å². The molecule has 0 fully saturated rings. The fraction of sp³-hybridized carbons (Fsp3) is 0.0833. The summed E-state index contributed by atoms with van der Waals surface area (Å²) in [5.41, 5.74) is 6.76. The summed E-state index contributed by atoms with van der Waals surface area (Å²) < 4.78 is 4.71. The number of ether oxygens (including phenoxy) is 1. The van der Waals surface area contributed by atoms with Gasteiger partial charge in [-0.3, -0.25) is 0 Å². The monoisotopic (exact) mass is 226 g/mol. The minimum Gasteiger partial charge on any atom is -0.481 e. The van der Waals surface area contributed by atoms with Crippen molar-refractivity contribution in [3.05, 3.63) is 47.0 Å². The standard InChI is InChI=1S/C12H10N4O/c1-17-12(15)11(7-14)16-8-10-4-2-9(6-13)3-5-10/h2-5,8H,15H2,1H3/b12-11-,16-8?. The normalized spacial score (nSPS) is 11.5. The van der Waals surface area contributed by atoms with Gasteiger partial charge in [0.1, 0.15) is 6.07 Å². The molecule has 84 valence electrons. The molecule has 5 nitrogen and oxygen atoms in total. The molecule has 0 amide bonds. The van der Waals surface area contributed by atoms with Crippen LogP contribution in [0.25, 0.3) is 0 Å². The fourth-order valence-corrected chi connectivity index (χ4v) is 1.03. The predicted molar refractivity (Wildman–Crippen MR) is 62.6 cm³/mol. The molecule has 0 heterocycles. The highest BCUT2D eigenvalue weighted by Crippen LogP contribution is 2.04. The van der Waals surface area contributed by atoms with Gasteiger partial charge >= 0.3 is 0 Å². The lowest BCUT2D eigenvalue weighted by Crippen LogP contribution is -2.02. The van der Waals surface area contributed by atoms with Crippen molar-refractivity contribution in [2.75, 3.05) is 7.11 Å². The van der Waals surface area contributed by atoms with Crippen molar-refractivity contribution in [1.29, 1.82) is 10.5 Å². The van der Waals surface area contributed by atoms with Gasteiger partial charge in [-0.25, -0.2) is 4.99 Å². The maximum atomic E-state index is 8.76. The largest absolute Gasteiger partial charge is 0.481 e. The molecule has 0 aliphatic carbocycles. The van der Waals surface area contributed by atoms with Gasteiger partial charge in [-0.1, -0.05) is 12.1 Å². The first kappa shape index (κ1) is 12.3. The minimum atomic E-state index is -0.0302. The number of allylic oxidation sites excluding steroid dienone is 1.